The number of hydrogen-bond donors (Lipinski definition) is 0. The Kier molecular flexibility index (Phi) is 3.32. The van der Waals surface area contributed by atoms with Gasteiger partial charge in [-0.1, -0.05) is 31.1 Å². The largest absolute Gasteiger partial charge is 0.374 e. The summed E-state index contributed by atoms with van der Waals surface area (Å²) < 4.78 is 5.50. The van der Waals surface area contributed by atoms with Gasteiger partial charge in [0, 0.05) is 7.11 Å². The lowest BCUT2D eigenvalue weighted by Crippen LogP contribution is -2.29. The summed E-state index contributed by atoms with van der Waals surface area (Å²) >= 11 is 0. The van der Waals surface area contributed by atoms with E-state index in [0.717, 1.165) is 6.42 Å². The van der Waals surface area contributed by atoms with Crippen molar-refractivity contribution in [1.82, 2.24) is 0 Å². The minimum Gasteiger partial charge on any atom is -0.374 e. The molecule has 0 spiro atoms. The van der Waals surface area contributed by atoms with Crippen molar-refractivity contribution < 1.29 is 4.74 Å². The molecule has 0 radical (unpaired) electrons. The van der Waals surface area contributed by atoms with E-state index >= 15 is 0 Å². The molecule has 1 atom stereocenters. The maximum absolute atomic E-state index is 5.50. The Bertz CT molecular complexity index is 238. The Morgan fingerprint density at radius 3 is 2.69 bits per heavy atom. The zero-order valence-electron chi connectivity index (χ0n) is 9.18. The molecule has 0 aromatic carbocycles. The molecule has 1 nitrogen and oxygen atoms in total. The number of ether oxygens (including phenoxy) is 1. The molecule has 0 saturated heterocycles. The van der Waals surface area contributed by atoms with Crippen LogP contribution in [0.25, 0.3) is 0 Å². The van der Waals surface area contributed by atoms with Gasteiger partial charge in [-0.05, 0) is 32.3 Å². The van der Waals surface area contributed by atoms with Gasteiger partial charge < -0.3 is 4.74 Å². The lowest BCUT2D eigenvalue weighted by atomic mass is 9.85. The summed E-state index contributed by atoms with van der Waals surface area (Å²) in [5, 5.41) is 0. The fourth-order valence-electron chi connectivity index (χ4n) is 1.68. The first kappa shape index (κ1) is 10.5. The molecule has 0 bridgehead atoms. The molecule has 0 saturated carbocycles. The second-order valence-electron chi connectivity index (χ2n) is 4.00. The minimum atomic E-state index is -0.0583. The molecule has 0 aliphatic heterocycles. The average Bonchev–Trinajstić information content (AvgIpc) is 2.12. The molecule has 13 heavy (non-hydrogen) atoms. The Labute approximate surface area is 81.5 Å². The summed E-state index contributed by atoms with van der Waals surface area (Å²) in [6.07, 6.45) is 8.01. The molecule has 1 unspecified atom stereocenters. The van der Waals surface area contributed by atoms with Crippen LogP contribution < -0.4 is 0 Å². The summed E-state index contributed by atoms with van der Waals surface area (Å²) in [6.45, 7) is 6.53. The number of allylic oxidation sites excluding steroid dienone is 2. The van der Waals surface area contributed by atoms with Gasteiger partial charge in [-0.15, -0.1) is 0 Å². The Morgan fingerprint density at radius 1 is 1.54 bits per heavy atom. The molecular weight excluding hydrogens is 160 g/mol. The molecule has 74 valence electrons. The van der Waals surface area contributed by atoms with Crippen LogP contribution in [0.5, 0.6) is 0 Å². The third-order valence-electron chi connectivity index (χ3n) is 2.98. The van der Waals surface area contributed by atoms with Crippen LogP contribution in [-0.4, -0.2) is 12.7 Å². The van der Waals surface area contributed by atoms with Gasteiger partial charge in [-0.2, -0.15) is 0 Å². The van der Waals surface area contributed by atoms with Gasteiger partial charge in [0.05, 0.1) is 5.60 Å². The summed E-state index contributed by atoms with van der Waals surface area (Å²) in [7, 11) is 1.79. The first-order valence-corrected chi connectivity index (χ1v) is 5.05. The highest BCUT2D eigenvalue weighted by atomic mass is 16.5. The first-order valence-electron chi connectivity index (χ1n) is 5.05. The standard InChI is InChI=1S/C12H20O/c1-5-6-11-7-8-12(3,13-4)10(2)9-11/h7,9H,5-6,8H2,1-4H3. The number of methoxy groups -OCH3 is 1. The molecule has 0 N–H and O–H groups in total. The summed E-state index contributed by atoms with van der Waals surface area (Å²) in [4.78, 5) is 0. The number of hydrogen-bond acceptors (Lipinski definition) is 1. The van der Waals surface area contributed by atoms with Crippen molar-refractivity contribution in [1.29, 1.82) is 0 Å². The van der Waals surface area contributed by atoms with Crippen molar-refractivity contribution in [3.63, 3.8) is 0 Å². The fourth-order valence-corrected chi connectivity index (χ4v) is 1.68. The van der Waals surface area contributed by atoms with Crippen LogP contribution in [0.4, 0.5) is 0 Å². The first-order chi connectivity index (χ1) is 6.12. The van der Waals surface area contributed by atoms with Gasteiger partial charge in [0.25, 0.3) is 0 Å². The smallest absolute Gasteiger partial charge is 0.0894 e. The van der Waals surface area contributed by atoms with E-state index in [4.69, 9.17) is 4.74 Å². The van der Waals surface area contributed by atoms with Crippen molar-refractivity contribution >= 4 is 0 Å². The maximum atomic E-state index is 5.50. The third-order valence-corrected chi connectivity index (χ3v) is 2.98. The van der Waals surface area contributed by atoms with E-state index in [2.05, 4.69) is 32.9 Å². The monoisotopic (exact) mass is 180 g/mol. The van der Waals surface area contributed by atoms with E-state index < -0.39 is 0 Å². The van der Waals surface area contributed by atoms with E-state index in [-0.39, 0.29) is 5.60 Å². The van der Waals surface area contributed by atoms with Gasteiger partial charge in [-0.25, -0.2) is 0 Å². The topological polar surface area (TPSA) is 9.23 Å². The van der Waals surface area contributed by atoms with Gasteiger partial charge in [0.1, 0.15) is 0 Å². The molecule has 1 rings (SSSR count). The van der Waals surface area contributed by atoms with Crippen LogP contribution in [0.3, 0.4) is 0 Å². The van der Waals surface area contributed by atoms with Crippen molar-refractivity contribution in [3.8, 4) is 0 Å². The third kappa shape index (κ3) is 2.22. The molecule has 0 heterocycles. The molecule has 1 heteroatoms. The summed E-state index contributed by atoms with van der Waals surface area (Å²) in [6, 6.07) is 0. The molecule has 0 aromatic heterocycles. The van der Waals surface area contributed by atoms with Crippen molar-refractivity contribution in [2.24, 2.45) is 0 Å². The second-order valence-corrected chi connectivity index (χ2v) is 4.00. The Morgan fingerprint density at radius 2 is 2.23 bits per heavy atom. The van der Waals surface area contributed by atoms with Crippen LogP contribution in [-0.2, 0) is 4.74 Å². The molecule has 0 aromatic rings. The lowest BCUT2D eigenvalue weighted by Gasteiger charge is -2.31. The van der Waals surface area contributed by atoms with Gasteiger partial charge >= 0.3 is 0 Å². The second kappa shape index (κ2) is 4.10. The zero-order valence-corrected chi connectivity index (χ0v) is 9.18. The molecular formula is C12H20O. The Hall–Kier alpha value is -0.560. The predicted octanol–water partition coefficient (Wildman–Crippen LogP) is 3.47. The average molecular weight is 180 g/mol. The molecule has 1 aliphatic rings. The van der Waals surface area contributed by atoms with Crippen LogP contribution in [0.1, 0.15) is 40.0 Å². The predicted molar refractivity (Wildman–Crippen MR) is 56.8 cm³/mol. The van der Waals surface area contributed by atoms with E-state index in [9.17, 15) is 0 Å². The highest BCUT2D eigenvalue weighted by Gasteiger charge is 2.27. The van der Waals surface area contributed by atoms with Gasteiger partial charge in [0.15, 0.2) is 0 Å². The maximum Gasteiger partial charge on any atom is 0.0894 e. The Balaban J connectivity index is 2.74. The normalized spacial score (nSPS) is 28.3. The van der Waals surface area contributed by atoms with E-state index in [1.54, 1.807) is 7.11 Å². The van der Waals surface area contributed by atoms with Crippen LogP contribution in [0.15, 0.2) is 23.3 Å². The van der Waals surface area contributed by atoms with Crippen LogP contribution >= 0.6 is 0 Å². The summed E-state index contributed by atoms with van der Waals surface area (Å²) in [5.41, 5.74) is 2.76. The zero-order chi connectivity index (χ0) is 9.90. The van der Waals surface area contributed by atoms with Crippen LogP contribution in [0, 0.1) is 0 Å². The SMILES string of the molecule is CCCC1=CCC(C)(OC)C(C)=C1. The van der Waals surface area contributed by atoms with E-state index in [1.165, 1.54) is 24.0 Å². The van der Waals surface area contributed by atoms with E-state index in [0.29, 0.717) is 0 Å². The molecule has 1 aliphatic carbocycles. The van der Waals surface area contributed by atoms with Gasteiger partial charge in [-0.3, -0.25) is 0 Å². The lowest BCUT2D eigenvalue weighted by molar-refractivity contribution is 0.0395. The van der Waals surface area contributed by atoms with Crippen molar-refractivity contribution in [2.75, 3.05) is 7.11 Å². The molecule has 0 fully saturated rings. The quantitative estimate of drug-likeness (QED) is 0.646. The van der Waals surface area contributed by atoms with Crippen molar-refractivity contribution in [3.05, 3.63) is 23.3 Å². The minimum absolute atomic E-state index is 0.0583. The van der Waals surface area contributed by atoms with Crippen LogP contribution in [0.2, 0.25) is 0 Å². The highest BCUT2D eigenvalue weighted by Crippen LogP contribution is 2.31. The molecule has 0 amide bonds. The number of rotatable bonds is 3. The van der Waals surface area contributed by atoms with Gasteiger partial charge in [0.2, 0.25) is 0 Å². The van der Waals surface area contributed by atoms with Crippen molar-refractivity contribution in [2.45, 2.75) is 45.6 Å². The summed E-state index contributed by atoms with van der Waals surface area (Å²) in [5.74, 6) is 0. The fraction of sp³-hybridized carbons (Fsp3) is 0.667. The van der Waals surface area contributed by atoms with E-state index in [1.807, 2.05) is 0 Å². The highest BCUT2D eigenvalue weighted by molar-refractivity contribution is 5.33.